The number of amides is 1. The minimum Gasteiger partial charge on any atom is -0.325 e. The minimum atomic E-state index is -0.367. The maximum absolute atomic E-state index is 13.9. The van der Waals surface area contributed by atoms with Crippen molar-refractivity contribution in [3.8, 4) is 11.4 Å². The maximum atomic E-state index is 13.9. The van der Waals surface area contributed by atoms with E-state index in [0.717, 1.165) is 5.56 Å². The molecule has 0 saturated heterocycles. The highest BCUT2D eigenvalue weighted by molar-refractivity contribution is 7.99. The van der Waals surface area contributed by atoms with E-state index in [-0.39, 0.29) is 17.5 Å². The summed E-state index contributed by atoms with van der Waals surface area (Å²) in [5.41, 5.74) is 1.97. The normalized spacial score (nSPS) is 10.8. The first-order valence-electron chi connectivity index (χ1n) is 7.79. The topological polar surface area (TPSA) is 59.8 Å². The third-order valence-corrected chi connectivity index (χ3v) is 5.01. The molecule has 0 aliphatic heterocycles. The van der Waals surface area contributed by atoms with Gasteiger partial charge < -0.3 is 9.88 Å². The van der Waals surface area contributed by atoms with Gasteiger partial charge >= 0.3 is 0 Å². The second-order valence-corrected chi connectivity index (χ2v) is 7.02. The maximum Gasteiger partial charge on any atom is 0.234 e. The summed E-state index contributed by atoms with van der Waals surface area (Å²) in [5, 5.41) is 12.0. The number of aromatic nitrogens is 3. The average molecular weight is 391 g/mol. The van der Waals surface area contributed by atoms with Crippen molar-refractivity contribution in [3.05, 3.63) is 58.9 Å². The number of anilines is 1. The van der Waals surface area contributed by atoms with E-state index in [0.29, 0.717) is 27.3 Å². The smallest absolute Gasteiger partial charge is 0.234 e. The van der Waals surface area contributed by atoms with E-state index in [9.17, 15) is 9.18 Å². The summed E-state index contributed by atoms with van der Waals surface area (Å²) >= 11 is 7.19. The van der Waals surface area contributed by atoms with Gasteiger partial charge in [-0.3, -0.25) is 4.79 Å². The minimum absolute atomic E-state index is 0.148. The Hall–Kier alpha value is -2.38. The molecule has 0 aliphatic carbocycles. The Morgan fingerprint density at radius 2 is 2.04 bits per heavy atom. The largest absolute Gasteiger partial charge is 0.325 e. The fourth-order valence-corrected chi connectivity index (χ4v) is 3.25. The van der Waals surface area contributed by atoms with Gasteiger partial charge in [0.15, 0.2) is 11.0 Å². The van der Waals surface area contributed by atoms with Crippen molar-refractivity contribution in [1.82, 2.24) is 14.8 Å². The third-order valence-electron chi connectivity index (χ3n) is 3.76. The summed E-state index contributed by atoms with van der Waals surface area (Å²) in [5.74, 6) is 0.0103. The van der Waals surface area contributed by atoms with Crippen LogP contribution in [-0.4, -0.2) is 26.4 Å². The molecule has 26 heavy (non-hydrogen) atoms. The molecule has 0 saturated carbocycles. The van der Waals surface area contributed by atoms with E-state index in [4.69, 9.17) is 11.6 Å². The first kappa shape index (κ1) is 18.4. The van der Waals surface area contributed by atoms with Gasteiger partial charge in [-0.25, -0.2) is 4.39 Å². The molecule has 1 aromatic heterocycles. The molecule has 1 N–H and O–H groups in total. The van der Waals surface area contributed by atoms with Crippen LogP contribution in [0.2, 0.25) is 5.02 Å². The molecular weight excluding hydrogens is 375 g/mol. The lowest BCUT2D eigenvalue weighted by molar-refractivity contribution is -0.113. The zero-order valence-corrected chi connectivity index (χ0v) is 15.7. The van der Waals surface area contributed by atoms with Crippen molar-refractivity contribution in [2.45, 2.75) is 12.1 Å². The number of carbonyl (C=O) groups excluding carboxylic acids is 1. The van der Waals surface area contributed by atoms with Gasteiger partial charge in [-0.1, -0.05) is 41.6 Å². The van der Waals surface area contributed by atoms with Gasteiger partial charge in [-0.2, -0.15) is 0 Å². The Labute approximate surface area is 159 Å². The van der Waals surface area contributed by atoms with Crippen molar-refractivity contribution in [1.29, 1.82) is 0 Å². The third kappa shape index (κ3) is 4.05. The number of nitrogens with zero attached hydrogens (tertiary/aromatic N) is 3. The Balaban J connectivity index is 1.68. The van der Waals surface area contributed by atoms with Crippen molar-refractivity contribution in [2.24, 2.45) is 7.05 Å². The molecule has 1 heterocycles. The van der Waals surface area contributed by atoms with Crippen LogP contribution in [0.5, 0.6) is 0 Å². The van der Waals surface area contributed by atoms with Crippen molar-refractivity contribution in [3.63, 3.8) is 0 Å². The molecule has 8 heteroatoms. The molecule has 134 valence electrons. The molecular formula is C18H16ClFN4OS. The summed E-state index contributed by atoms with van der Waals surface area (Å²) in [7, 11) is 1.74. The van der Waals surface area contributed by atoms with Crippen molar-refractivity contribution in [2.75, 3.05) is 11.1 Å². The van der Waals surface area contributed by atoms with E-state index in [1.165, 1.54) is 17.8 Å². The van der Waals surface area contributed by atoms with Gasteiger partial charge in [0, 0.05) is 17.8 Å². The van der Waals surface area contributed by atoms with Crippen LogP contribution in [-0.2, 0) is 11.8 Å². The number of hydrogen-bond donors (Lipinski definition) is 1. The fraction of sp³-hybridized carbons (Fsp3) is 0.167. The number of aryl methyl sites for hydroxylation is 1. The molecule has 0 unspecified atom stereocenters. The lowest BCUT2D eigenvalue weighted by Gasteiger charge is -2.09. The van der Waals surface area contributed by atoms with Gasteiger partial charge in [0.1, 0.15) is 5.82 Å². The monoisotopic (exact) mass is 390 g/mol. The van der Waals surface area contributed by atoms with Crippen LogP contribution >= 0.6 is 23.4 Å². The highest BCUT2D eigenvalue weighted by atomic mass is 35.5. The highest BCUT2D eigenvalue weighted by Crippen LogP contribution is 2.25. The quantitative estimate of drug-likeness (QED) is 0.659. The number of carbonyl (C=O) groups is 1. The van der Waals surface area contributed by atoms with Crippen molar-refractivity contribution < 1.29 is 9.18 Å². The molecule has 0 bridgehead atoms. The van der Waals surface area contributed by atoms with E-state index in [1.54, 1.807) is 41.9 Å². The number of hydrogen-bond acceptors (Lipinski definition) is 4. The van der Waals surface area contributed by atoms with Gasteiger partial charge in [0.2, 0.25) is 5.91 Å². The number of thioether (sulfide) groups is 1. The fourth-order valence-electron chi connectivity index (χ4n) is 2.36. The first-order chi connectivity index (χ1) is 12.5. The molecule has 0 fully saturated rings. The van der Waals surface area contributed by atoms with Crippen LogP contribution < -0.4 is 5.32 Å². The highest BCUT2D eigenvalue weighted by Gasteiger charge is 2.15. The Kier molecular flexibility index (Phi) is 5.58. The molecule has 0 radical (unpaired) electrons. The molecule has 2 aromatic carbocycles. The van der Waals surface area contributed by atoms with Gasteiger partial charge in [-0.05, 0) is 36.8 Å². The SMILES string of the molecule is Cc1ccc(Cl)cc1NC(=O)CSc1nnc(-c2ccccc2F)n1C. The van der Waals surface area contributed by atoms with Crippen LogP contribution in [0.15, 0.2) is 47.6 Å². The van der Waals surface area contributed by atoms with Gasteiger partial charge in [0.25, 0.3) is 0 Å². The Morgan fingerprint density at radius 1 is 1.27 bits per heavy atom. The summed E-state index contributed by atoms with van der Waals surface area (Å²) in [6.07, 6.45) is 0. The van der Waals surface area contributed by atoms with Crippen LogP contribution in [0, 0.1) is 12.7 Å². The standard InChI is InChI=1S/C18H16ClFN4OS/c1-11-7-8-12(19)9-15(11)21-16(25)10-26-18-23-22-17(24(18)2)13-5-3-4-6-14(13)20/h3-9H,10H2,1-2H3,(H,21,25). The van der Waals surface area contributed by atoms with Crippen LogP contribution in [0.25, 0.3) is 11.4 Å². The van der Waals surface area contributed by atoms with E-state index < -0.39 is 0 Å². The van der Waals surface area contributed by atoms with E-state index in [1.807, 2.05) is 13.0 Å². The molecule has 0 spiro atoms. The number of benzene rings is 2. The van der Waals surface area contributed by atoms with E-state index in [2.05, 4.69) is 15.5 Å². The van der Waals surface area contributed by atoms with Crippen LogP contribution in [0.4, 0.5) is 10.1 Å². The number of halogens is 2. The number of rotatable bonds is 5. The predicted molar refractivity (Wildman–Crippen MR) is 102 cm³/mol. The zero-order chi connectivity index (χ0) is 18.7. The number of nitrogens with one attached hydrogen (secondary N) is 1. The summed E-state index contributed by atoms with van der Waals surface area (Å²) in [6.45, 7) is 1.89. The molecule has 0 atom stereocenters. The predicted octanol–water partition coefficient (Wildman–Crippen LogP) is 4.31. The molecule has 3 aromatic rings. The summed E-state index contributed by atoms with van der Waals surface area (Å²) < 4.78 is 15.6. The van der Waals surface area contributed by atoms with Gasteiger partial charge in [0.05, 0.1) is 11.3 Å². The van der Waals surface area contributed by atoms with Gasteiger partial charge in [-0.15, -0.1) is 10.2 Å². The second-order valence-electron chi connectivity index (χ2n) is 5.64. The lowest BCUT2D eigenvalue weighted by atomic mass is 10.2. The lowest BCUT2D eigenvalue weighted by Crippen LogP contribution is -2.15. The Morgan fingerprint density at radius 3 is 2.81 bits per heavy atom. The molecule has 3 rings (SSSR count). The van der Waals surface area contributed by atoms with Crippen LogP contribution in [0.3, 0.4) is 0 Å². The molecule has 5 nitrogen and oxygen atoms in total. The first-order valence-corrected chi connectivity index (χ1v) is 9.15. The summed E-state index contributed by atoms with van der Waals surface area (Å²) in [4.78, 5) is 12.2. The molecule has 0 aliphatic rings. The summed E-state index contributed by atoms with van der Waals surface area (Å²) in [6, 6.07) is 11.7. The Bertz CT molecular complexity index is 960. The molecule has 1 amide bonds. The van der Waals surface area contributed by atoms with Crippen LogP contribution in [0.1, 0.15) is 5.56 Å². The zero-order valence-electron chi connectivity index (χ0n) is 14.2. The van der Waals surface area contributed by atoms with Crippen molar-refractivity contribution >= 4 is 35.0 Å². The van der Waals surface area contributed by atoms with E-state index >= 15 is 0 Å². The second kappa shape index (κ2) is 7.88. The average Bonchev–Trinajstić information content (AvgIpc) is 2.97.